The maximum atomic E-state index is 13.5. The van der Waals surface area contributed by atoms with Crippen molar-refractivity contribution in [2.75, 3.05) is 13.7 Å². The summed E-state index contributed by atoms with van der Waals surface area (Å²) in [6, 6.07) is 13.4. The number of ether oxygens (including phenoxy) is 2. The van der Waals surface area contributed by atoms with Crippen LogP contribution in [-0.2, 0) is 14.3 Å². The number of thioether (sulfide) groups is 1. The molecule has 0 aliphatic carbocycles. The van der Waals surface area contributed by atoms with Gasteiger partial charge in [-0.1, -0.05) is 12.1 Å². The van der Waals surface area contributed by atoms with Crippen LogP contribution in [0.2, 0.25) is 0 Å². The fourth-order valence-corrected chi connectivity index (χ4v) is 4.25. The van der Waals surface area contributed by atoms with Gasteiger partial charge in [-0.2, -0.15) is 10.1 Å². The van der Waals surface area contributed by atoms with Crippen molar-refractivity contribution >= 4 is 34.5 Å². The Hall–Kier alpha value is -3.46. The lowest BCUT2D eigenvalue weighted by Gasteiger charge is -2.22. The maximum Gasteiger partial charge on any atom is 0.332 e. The zero-order valence-corrected chi connectivity index (χ0v) is 18.3. The maximum absolute atomic E-state index is 13.5. The Balaban J connectivity index is 1.66. The number of amidine groups is 1. The van der Waals surface area contributed by atoms with E-state index in [1.54, 1.807) is 31.2 Å². The van der Waals surface area contributed by atoms with Gasteiger partial charge in [0.1, 0.15) is 11.6 Å². The van der Waals surface area contributed by atoms with Crippen LogP contribution in [0.3, 0.4) is 0 Å². The second-order valence-electron chi connectivity index (χ2n) is 6.95. The molecule has 1 amide bonds. The molecule has 2 aromatic carbocycles. The Morgan fingerprint density at radius 2 is 1.94 bits per heavy atom. The Labute approximate surface area is 188 Å². The van der Waals surface area contributed by atoms with Crippen LogP contribution in [0.4, 0.5) is 4.39 Å². The van der Waals surface area contributed by atoms with Gasteiger partial charge in [0.2, 0.25) is 0 Å². The molecule has 1 unspecified atom stereocenters. The normalized spacial score (nSPS) is 19.2. The first kappa shape index (κ1) is 21.8. The standard InChI is InChI=1S/C23H20FN3O4S/c1-3-31-21(28)13-20-22(29)25-23(32-20)27-19(15-4-8-16(24)9-5-15)12-18(26-27)14-6-10-17(30-2)11-7-14/h4-11,13,19H,3,12H2,1-2H3. The summed E-state index contributed by atoms with van der Waals surface area (Å²) < 4.78 is 23.6. The molecule has 0 saturated heterocycles. The third-order valence-corrected chi connectivity index (χ3v) is 5.90. The van der Waals surface area contributed by atoms with Gasteiger partial charge in [0.25, 0.3) is 5.91 Å². The van der Waals surface area contributed by atoms with E-state index in [-0.39, 0.29) is 23.4 Å². The molecule has 164 valence electrons. The average molecular weight is 453 g/mol. The highest BCUT2D eigenvalue weighted by Gasteiger charge is 2.36. The molecular formula is C23H20FN3O4S. The number of halogens is 1. The van der Waals surface area contributed by atoms with Gasteiger partial charge in [-0.15, -0.1) is 0 Å². The SMILES string of the molecule is CCOC(=O)C=C1SC(N2N=C(c3ccc(OC)cc3)CC2c2ccc(F)cc2)=NC1=O. The number of carbonyl (C=O) groups excluding carboxylic acids is 2. The highest BCUT2D eigenvalue weighted by atomic mass is 32.2. The van der Waals surface area contributed by atoms with Crippen LogP contribution in [0, 0.1) is 5.82 Å². The molecule has 2 aliphatic heterocycles. The monoisotopic (exact) mass is 453 g/mol. The molecule has 2 heterocycles. The number of hydrogen-bond acceptors (Lipinski definition) is 7. The molecule has 0 fully saturated rings. The Kier molecular flexibility index (Phi) is 6.36. The van der Waals surface area contributed by atoms with Crippen molar-refractivity contribution in [1.82, 2.24) is 5.01 Å². The number of nitrogens with zero attached hydrogens (tertiary/aromatic N) is 3. The largest absolute Gasteiger partial charge is 0.497 e. The van der Waals surface area contributed by atoms with Crippen LogP contribution in [-0.4, -0.2) is 41.5 Å². The molecule has 0 spiro atoms. The van der Waals surface area contributed by atoms with E-state index in [0.717, 1.165) is 40.4 Å². The minimum Gasteiger partial charge on any atom is -0.497 e. The van der Waals surface area contributed by atoms with Gasteiger partial charge in [-0.05, 0) is 66.2 Å². The second kappa shape index (κ2) is 9.35. The lowest BCUT2D eigenvalue weighted by molar-refractivity contribution is -0.137. The summed E-state index contributed by atoms with van der Waals surface area (Å²) in [5, 5.41) is 6.73. The third kappa shape index (κ3) is 4.57. The number of hydrazone groups is 1. The number of benzene rings is 2. The van der Waals surface area contributed by atoms with Crippen molar-refractivity contribution in [3.63, 3.8) is 0 Å². The van der Waals surface area contributed by atoms with Crippen molar-refractivity contribution < 1.29 is 23.5 Å². The quantitative estimate of drug-likeness (QED) is 0.502. The van der Waals surface area contributed by atoms with Crippen molar-refractivity contribution in [2.45, 2.75) is 19.4 Å². The van der Waals surface area contributed by atoms with Crippen LogP contribution in [0.15, 0.2) is 69.6 Å². The van der Waals surface area contributed by atoms with Crippen LogP contribution >= 0.6 is 11.8 Å². The summed E-state index contributed by atoms with van der Waals surface area (Å²) in [5.41, 5.74) is 2.52. The molecule has 0 bridgehead atoms. The predicted octanol–water partition coefficient (Wildman–Crippen LogP) is 4.06. The van der Waals surface area contributed by atoms with E-state index >= 15 is 0 Å². The first-order valence-corrected chi connectivity index (χ1v) is 10.8. The number of amides is 1. The van der Waals surface area contributed by atoms with Crippen LogP contribution in [0.5, 0.6) is 5.75 Å². The second-order valence-corrected chi connectivity index (χ2v) is 7.96. The summed E-state index contributed by atoms with van der Waals surface area (Å²) >= 11 is 1.06. The Bertz CT molecular complexity index is 1130. The number of hydrogen-bond donors (Lipinski definition) is 0. The van der Waals surface area contributed by atoms with E-state index in [9.17, 15) is 14.0 Å². The van der Waals surface area contributed by atoms with Gasteiger partial charge in [0, 0.05) is 12.5 Å². The van der Waals surface area contributed by atoms with Crippen molar-refractivity contribution in [1.29, 1.82) is 0 Å². The summed E-state index contributed by atoms with van der Waals surface area (Å²) in [6.07, 6.45) is 1.67. The van der Waals surface area contributed by atoms with Gasteiger partial charge in [-0.3, -0.25) is 4.79 Å². The molecule has 0 radical (unpaired) electrons. The fourth-order valence-electron chi connectivity index (χ4n) is 3.38. The number of methoxy groups -OCH3 is 1. The summed E-state index contributed by atoms with van der Waals surface area (Å²) in [7, 11) is 1.60. The molecule has 2 aliphatic rings. The smallest absolute Gasteiger partial charge is 0.332 e. The van der Waals surface area contributed by atoms with E-state index in [0.29, 0.717) is 11.6 Å². The zero-order valence-electron chi connectivity index (χ0n) is 17.4. The van der Waals surface area contributed by atoms with E-state index in [1.807, 2.05) is 24.3 Å². The summed E-state index contributed by atoms with van der Waals surface area (Å²) in [5.74, 6) is -0.728. The number of esters is 1. The van der Waals surface area contributed by atoms with Gasteiger partial charge in [-0.25, -0.2) is 14.2 Å². The number of aliphatic imine (C=N–C) groups is 1. The highest BCUT2D eigenvalue weighted by Crippen LogP contribution is 2.39. The van der Waals surface area contributed by atoms with Crippen LogP contribution in [0.1, 0.15) is 30.5 Å². The van der Waals surface area contributed by atoms with Crippen molar-refractivity contribution in [3.05, 3.63) is 76.5 Å². The van der Waals surface area contributed by atoms with Gasteiger partial charge < -0.3 is 9.47 Å². The molecule has 7 nitrogen and oxygen atoms in total. The van der Waals surface area contributed by atoms with E-state index in [1.165, 1.54) is 12.1 Å². The fraction of sp³-hybridized carbons (Fsp3) is 0.217. The third-order valence-electron chi connectivity index (χ3n) is 4.93. The summed E-state index contributed by atoms with van der Waals surface area (Å²) in [6.45, 7) is 1.90. The number of carbonyl (C=O) groups is 2. The lowest BCUT2D eigenvalue weighted by atomic mass is 9.98. The number of rotatable bonds is 5. The van der Waals surface area contributed by atoms with Gasteiger partial charge in [0.15, 0.2) is 5.17 Å². The molecule has 9 heteroatoms. The van der Waals surface area contributed by atoms with Crippen molar-refractivity contribution in [2.24, 2.45) is 10.1 Å². The minimum absolute atomic E-state index is 0.171. The molecule has 32 heavy (non-hydrogen) atoms. The van der Waals surface area contributed by atoms with Gasteiger partial charge in [0.05, 0.1) is 30.4 Å². The molecule has 2 aromatic rings. The molecule has 1 atom stereocenters. The molecule has 4 rings (SSSR count). The average Bonchev–Trinajstić information content (AvgIpc) is 3.39. The van der Waals surface area contributed by atoms with E-state index in [2.05, 4.69) is 4.99 Å². The topological polar surface area (TPSA) is 80.6 Å². The van der Waals surface area contributed by atoms with Gasteiger partial charge >= 0.3 is 5.97 Å². The van der Waals surface area contributed by atoms with E-state index < -0.39 is 11.9 Å². The summed E-state index contributed by atoms with van der Waals surface area (Å²) in [4.78, 5) is 28.4. The molecule has 0 N–H and O–H groups in total. The Morgan fingerprint density at radius 3 is 2.59 bits per heavy atom. The minimum atomic E-state index is -0.598. The lowest BCUT2D eigenvalue weighted by Crippen LogP contribution is -2.23. The predicted molar refractivity (Wildman–Crippen MR) is 120 cm³/mol. The van der Waals surface area contributed by atoms with Crippen LogP contribution in [0.25, 0.3) is 0 Å². The Morgan fingerprint density at radius 1 is 1.22 bits per heavy atom. The molecule has 0 saturated carbocycles. The first-order valence-electron chi connectivity index (χ1n) is 9.94. The first-order chi connectivity index (χ1) is 15.5. The highest BCUT2D eigenvalue weighted by molar-refractivity contribution is 8.18. The van der Waals surface area contributed by atoms with Crippen LogP contribution < -0.4 is 4.74 Å². The van der Waals surface area contributed by atoms with Crippen molar-refractivity contribution in [3.8, 4) is 5.75 Å². The van der Waals surface area contributed by atoms with E-state index in [4.69, 9.17) is 14.6 Å². The molecule has 0 aromatic heterocycles. The molecular weight excluding hydrogens is 433 g/mol. The zero-order chi connectivity index (χ0) is 22.7.